The second kappa shape index (κ2) is 29.4. The largest absolute Gasteiger partial charge is 0.394 e. The van der Waals surface area contributed by atoms with Crippen LogP contribution in [-0.4, -0.2) is 34.9 Å². The van der Waals surface area contributed by atoms with Crippen LogP contribution in [0.15, 0.2) is 72.9 Å². The maximum absolute atomic E-state index is 12.1. The van der Waals surface area contributed by atoms with E-state index in [1.807, 2.05) is 0 Å². The Morgan fingerprint density at radius 2 is 1.16 bits per heavy atom. The average Bonchev–Trinajstić information content (AvgIpc) is 2.92. The first-order chi connectivity index (χ1) is 18.7. The normalized spacial score (nSPS) is 14.3. The molecule has 0 saturated heterocycles. The monoisotopic (exact) mass is 527 g/mol. The van der Waals surface area contributed by atoms with Crippen molar-refractivity contribution in [3.63, 3.8) is 0 Å². The van der Waals surface area contributed by atoms with Crippen molar-refractivity contribution in [3.05, 3.63) is 72.9 Å². The van der Waals surface area contributed by atoms with Gasteiger partial charge in [0, 0.05) is 6.42 Å². The van der Waals surface area contributed by atoms with Crippen molar-refractivity contribution < 1.29 is 15.0 Å². The SMILES string of the molecule is CC/C=C\C/C=C\C/C=C\C/C=C\C/C=C\C/C=C\CCCCCCC(=O)NC(CO)C(O)CCCCC. The van der Waals surface area contributed by atoms with E-state index < -0.39 is 12.1 Å². The van der Waals surface area contributed by atoms with Gasteiger partial charge < -0.3 is 15.5 Å². The predicted molar refractivity (Wildman–Crippen MR) is 165 cm³/mol. The molecule has 4 nitrogen and oxygen atoms in total. The molecule has 0 rings (SSSR count). The average molecular weight is 528 g/mol. The zero-order valence-corrected chi connectivity index (χ0v) is 24.4. The third-order valence-corrected chi connectivity index (χ3v) is 6.23. The zero-order chi connectivity index (χ0) is 27.9. The first-order valence-electron chi connectivity index (χ1n) is 15.1. The lowest BCUT2D eigenvalue weighted by molar-refractivity contribution is -0.123. The van der Waals surface area contributed by atoms with Crippen LogP contribution in [0.4, 0.5) is 0 Å². The molecule has 0 aromatic heterocycles. The number of unbranched alkanes of at least 4 members (excludes halogenated alkanes) is 6. The Bertz CT molecular complexity index is 703. The zero-order valence-electron chi connectivity index (χ0n) is 24.4. The van der Waals surface area contributed by atoms with E-state index in [1.54, 1.807) is 0 Å². The lowest BCUT2D eigenvalue weighted by Crippen LogP contribution is -2.45. The quantitative estimate of drug-likeness (QED) is 0.0824. The van der Waals surface area contributed by atoms with Gasteiger partial charge in [-0.05, 0) is 64.2 Å². The number of carbonyl (C=O) groups is 1. The minimum Gasteiger partial charge on any atom is -0.394 e. The van der Waals surface area contributed by atoms with Crippen LogP contribution in [0.1, 0.15) is 117 Å². The van der Waals surface area contributed by atoms with Crippen LogP contribution in [0.3, 0.4) is 0 Å². The Morgan fingerprint density at radius 3 is 1.66 bits per heavy atom. The van der Waals surface area contributed by atoms with Gasteiger partial charge in [-0.3, -0.25) is 4.79 Å². The summed E-state index contributed by atoms with van der Waals surface area (Å²) < 4.78 is 0. The smallest absolute Gasteiger partial charge is 0.220 e. The van der Waals surface area contributed by atoms with E-state index in [0.717, 1.165) is 89.9 Å². The summed E-state index contributed by atoms with van der Waals surface area (Å²) in [5.74, 6) is -0.0736. The Balaban J connectivity index is 3.66. The summed E-state index contributed by atoms with van der Waals surface area (Å²) in [5, 5.41) is 22.4. The van der Waals surface area contributed by atoms with Crippen molar-refractivity contribution in [2.45, 2.75) is 129 Å². The first-order valence-corrected chi connectivity index (χ1v) is 15.1. The number of amides is 1. The Kier molecular flexibility index (Phi) is 27.7. The van der Waals surface area contributed by atoms with Crippen LogP contribution in [0.5, 0.6) is 0 Å². The van der Waals surface area contributed by atoms with Crippen molar-refractivity contribution in [3.8, 4) is 0 Å². The molecule has 0 aromatic rings. The van der Waals surface area contributed by atoms with Crippen LogP contribution >= 0.6 is 0 Å². The third kappa shape index (κ3) is 25.5. The molecule has 0 aliphatic rings. The summed E-state index contributed by atoms with van der Waals surface area (Å²) in [5.41, 5.74) is 0. The highest BCUT2D eigenvalue weighted by molar-refractivity contribution is 5.76. The van der Waals surface area contributed by atoms with E-state index in [1.165, 1.54) is 0 Å². The number of rotatable bonds is 25. The van der Waals surface area contributed by atoms with Crippen molar-refractivity contribution >= 4 is 5.91 Å². The topological polar surface area (TPSA) is 69.6 Å². The molecule has 1 amide bonds. The summed E-state index contributed by atoms with van der Waals surface area (Å²) in [6, 6.07) is -0.549. The number of aliphatic hydroxyl groups is 2. The number of nitrogens with one attached hydrogen (secondary N) is 1. The van der Waals surface area contributed by atoms with Gasteiger partial charge in [-0.1, -0.05) is 119 Å². The molecule has 2 atom stereocenters. The van der Waals surface area contributed by atoms with Crippen molar-refractivity contribution in [1.82, 2.24) is 5.32 Å². The summed E-state index contributed by atoms with van der Waals surface area (Å²) in [6.07, 6.45) is 41.4. The van der Waals surface area contributed by atoms with E-state index in [4.69, 9.17) is 0 Å². The molecule has 3 N–H and O–H groups in total. The number of carbonyl (C=O) groups excluding carboxylic acids is 1. The summed E-state index contributed by atoms with van der Waals surface area (Å²) in [7, 11) is 0. The number of aliphatic hydroxyl groups excluding tert-OH is 2. The number of allylic oxidation sites excluding steroid dienone is 12. The second-order valence-corrected chi connectivity index (χ2v) is 9.79. The van der Waals surface area contributed by atoms with Crippen molar-refractivity contribution in [1.29, 1.82) is 0 Å². The molecule has 0 saturated carbocycles. The van der Waals surface area contributed by atoms with E-state index in [-0.39, 0.29) is 12.5 Å². The van der Waals surface area contributed by atoms with Crippen LogP contribution in [0.2, 0.25) is 0 Å². The standard InChI is InChI=1S/C34H57NO3/c1-3-5-7-8-9-10-11-12-13-14-15-16-17-18-19-20-21-22-23-24-25-26-28-30-34(38)35-32(31-36)33(37)29-27-6-4-2/h5,7,9-10,12-13,15-16,18-19,21-22,32-33,36-37H,3-4,6,8,11,14,17,20,23-31H2,1-2H3,(H,35,38)/b7-5-,10-9-,13-12-,16-15-,19-18-,22-21-. The van der Waals surface area contributed by atoms with Gasteiger partial charge >= 0.3 is 0 Å². The molecule has 0 fully saturated rings. The Labute approximate surface area is 234 Å². The van der Waals surface area contributed by atoms with E-state index in [2.05, 4.69) is 92.1 Å². The van der Waals surface area contributed by atoms with Gasteiger partial charge in [-0.15, -0.1) is 0 Å². The molecule has 216 valence electrons. The van der Waals surface area contributed by atoms with Gasteiger partial charge in [0.15, 0.2) is 0 Å². The molecular formula is C34H57NO3. The maximum Gasteiger partial charge on any atom is 0.220 e. The van der Waals surface area contributed by atoms with Crippen LogP contribution in [-0.2, 0) is 4.79 Å². The summed E-state index contributed by atoms with van der Waals surface area (Å²) in [4.78, 5) is 12.1. The summed E-state index contributed by atoms with van der Waals surface area (Å²) in [6.45, 7) is 4.05. The fraction of sp³-hybridized carbons (Fsp3) is 0.618. The molecule has 0 spiro atoms. The highest BCUT2D eigenvalue weighted by Gasteiger charge is 2.19. The molecule has 0 heterocycles. The van der Waals surface area contributed by atoms with E-state index in [9.17, 15) is 15.0 Å². The molecule has 0 aliphatic heterocycles. The summed E-state index contributed by atoms with van der Waals surface area (Å²) >= 11 is 0. The highest BCUT2D eigenvalue weighted by Crippen LogP contribution is 2.09. The van der Waals surface area contributed by atoms with Gasteiger partial charge in [0.2, 0.25) is 5.91 Å². The van der Waals surface area contributed by atoms with Crippen LogP contribution < -0.4 is 5.32 Å². The second-order valence-electron chi connectivity index (χ2n) is 9.79. The molecule has 0 aromatic carbocycles. The maximum atomic E-state index is 12.1. The van der Waals surface area contributed by atoms with Crippen LogP contribution in [0, 0.1) is 0 Å². The first kappa shape index (κ1) is 35.8. The molecule has 0 radical (unpaired) electrons. The van der Waals surface area contributed by atoms with Gasteiger partial charge in [-0.25, -0.2) is 0 Å². The van der Waals surface area contributed by atoms with E-state index in [0.29, 0.717) is 12.8 Å². The lowest BCUT2D eigenvalue weighted by Gasteiger charge is -2.22. The Hall–Kier alpha value is -2.17. The predicted octanol–water partition coefficient (Wildman–Crippen LogP) is 8.44. The molecule has 0 aliphatic carbocycles. The van der Waals surface area contributed by atoms with Crippen molar-refractivity contribution in [2.24, 2.45) is 0 Å². The molecule has 2 unspecified atom stereocenters. The number of hydrogen-bond donors (Lipinski definition) is 3. The lowest BCUT2D eigenvalue weighted by atomic mass is 10.0. The van der Waals surface area contributed by atoms with Gasteiger partial charge in [0.1, 0.15) is 0 Å². The van der Waals surface area contributed by atoms with Gasteiger partial charge in [-0.2, -0.15) is 0 Å². The number of hydrogen-bond acceptors (Lipinski definition) is 3. The molecular weight excluding hydrogens is 470 g/mol. The van der Waals surface area contributed by atoms with Crippen molar-refractivity contribution in [2.75, 3.05) is 6.61 Å². The van der Waals surface area contributed by atoms with Crippen LogP contribution in [0.25, 0.3) is 0 Å². The molecule has 0 bridgehead atoms. The minimum atomic E-state index is -0.670. The molecule has 38 heavy (non-hydrogen) atoms. The van der Waals surface area contributed by atoms with Gasteiger partial charge in [0.25, 0.3) is 0 Å². The van der Waals surface area contributed by atoms with E-state index >= 15 is 0 Å². The fourth-order valence-corrected chi connectivity index (χ4v) is 3.89. The fourth-order valence-electron chi connectivity index (χ4n) is 3.89. The Morgan fingerprint density at radius 1 is 0.658 bits per heavy atom. The highest BCUT2D eigenvalue weighted by atomic mass is 16.3. The molecule has 4 heteroatoms. The third-order valence-electron chi connectivity index (χ3n) is 6.23. The van der Waals surface area contributed by atoms with Gasteiger partial charge in [0.05, 0.1) is 18.8 Å². The minimum absolute atomic E-state index is 0.0736.